The zero-order valence-electron chi connectivity index (χ0n) is 9.72. The zero-order chi connectivity index (χ0) is 11.5. The van der Waals surface area contributed by atoms with Crippen LogP contribution in [-0.2, 0) is 18.3 Å². The Morgan fingerprint density at radius 3 is 2.75 bits per heavy atom. The summed E-state index contributed by atoms with van der Waals surface area (Å²) in [5.74, 6) is 1.39. The van der Waals surface area contributed by atoms with Gasteiger partial charge >= 0.3 is 0 Å². The fourth-order valence-electron chi connectivity index (χ4n) is 2.31. The fraction of sp³-hybridized carbons (Fsp3) is 0.667. The summed E-state index contributed by atoms with van der Waals surface area (Å²) >= 11 is 0. The maximum atomic E-state index is 12.0. The van der Waals surface area contributed by atoms with Crippen LogP contribution in [0.2, 0.25) is 0 Å². The Kier molecular flexibility index (Phi) is 3.39. The number of nitrogens with zero attached hydrogens (tertiary/aromatic N) is 2. The molecule has 4 nitrogen and oxygen atoms in total. The van der Waals surface area contributed by atoms with Crippen molar-refractivity contribution in [3.05, 3.63) is 18.2 Å². The van der Waals surface area contributed by atoms with Gasteiger partial charge in [0.15, 0.2) is 0 Å². The predicted octanol–water partition coefficient (Wildman–Crippen LogP) is 1.05. The first-order valence-corrected chi connectivity index (χ1v) is 5.91. The molecule has 0 aliphatic heterocycles. The van der Waals surface area contributed by atoms with Crippen molar-refractivity contribution in [1.82, 2.24) is 9.55 Å². The molecular formula is C12H19N3O. The number of aromatic nitrogens is 2. The average molecular weight is 221 g/mol. The van der Waals surface area contributed by atoms with Crippen molar-refractivity contribution in [2.75, 3.05) is 0 Å². The third-order valence-electron chi connectivity index (χ3n) is 3.48. The molecule has 0 bridgehead atoms. The third-order valence-corrected chi connectivity index (χ3v) is 3.48. The van der Waals surface area contributed by atoms with Gasteiger partial charge in [-0.2, -0.15) is 0 Å². The lowest BCUT2D eigenvalue weighted by Gasteiger charge is -2.24. The van der Waals surface area contributed by atoms with Crippen LogP contribution in [-0.4, -0.2) is 21.4 Å². The molecule has 1 aromatic rings. The minimum atomic E-state index is 0.205. The number of Topliss-reactive ketones (excluding diaryl/α,β-unsaturated/α-hetero) is 1. The first-order chi connectivity index (χ1) is 7.66. The summed E-state index contributed by atoms with van der Waals surface area (Å²) in [4.78, 5) is 16.2. The van der Waals surface area contributed by atoms with E-state index in [4.69, 9.17) is 5.73 Å². The van der Waals surface area contributed by atoms with Gasteiger partial charge in [-0.1, -0.05) is 0 Å². The second-order valence-electron chi connectivity index (χ2n) is 4.71. The molecule has 4 heteroatoms. The van der Waals surface area contributed by atoms with Gasteiger partial charge in [-0.3, -0.25) is 4.79 Å². The molecule has 16 heavy (non-hydrogen) atoms. The van der Waals surface area contributed by atoms with Crippen LogP contribution in [0.1, 0.15) is 31.5 Å². The molecule has 2 N–H and O–H groups in total. The zero-order valence-corrected chi connectivity index (χ0v) is 9.72. The van der Waals surface area contributed by atoms with Crippen LogP contribution < -0.4 is 5.73 Å². The predicted molar refractivity (Wildman–Crippen MR) is 61.9 cm³/mol. The summed E-state index contributed by atoms with van der Waals surface area (Å²) in [6.07, 6.45) is 7.94. The van der Waals surface area contributed by atoms with Gasteiger partial charge in [0.25, 0.3) is 0 Å². The summed E-state index contributed by atoms with van der Waals surface area (Å²) in [5, 5.41) is 0. The Hall–Kier alpha value is -1.16. The van der Waals surface area contributed by atoms with E-state index in [9.17, 15) is 4.79 Å². The van der Waals surface area contributed by atoms with Gasteiger partial charge in [-0.15, -0.1) is 0 Å². The smallest absolute Gasteiger partial charge is 0.143 e. The fourth-order valence-corrected chi connectivity index (χ4v) is 2.31. The monoisotopic (exact) mass is 221 g/mol. The lowest BCUT2D eigenvalue weighted by Crippen LogP contribution is -2.30. The van der Waals surface area contributed by atoms with Crippen molar-refractivity contribution >= 4 is 5.78 Å². The van der Waals surface area contributed by atoms with E-state index in [2.05, 4.69) is 4.98 Å². The Labute approximate surface area is 95.9 Å². The second kappa shape index (κ2) is 4.78. The molecule has 1 aromatic heterocycles. The minimum absolute atomic E-state index is 0.205. The second-order valence-corrected chi connectivity index (χ2v) is 4.71. The molecule has 1 heterocycles. The quantitative estimate of drug-likeness (QED) is 0.830. The SMILES string of the molecule is Cn1ccnc1CC(=O)C1CCC(N)CC1. The van der Waals surface area contributed by atoms with Crippen LogP contribution >= 0.6 is 0 Å². The summed E-state index contributed by atoms with van der Waals surface area (Å²) in [5.41, 5.74) is 5.83. The molecule has 0 spiro atoms. The van der Waals surface area contributed by atoms with Crippen molar-refractivity contribution in [3.8, 4) is 0 Å². The topological polar surface area (TPSA) is 60.9 Å². The molecule has 0 aromatic carbocycles. The highest BCUT2D eigenvalue weighted by Gasteiger charge is 2.25. The highest BCUT2D eigenvalue weighted by Crippen LogP contribution is 2.24. The van der Waals surface area contributed by atoms with E-state index in [0.717, 1.165) is 31.5 Å². The van der Waals surface area contributed by atoms with E-state index in [0.29, 0.717) is 18.2 Å². The highest BCUT2D eigenvalue weighted by molar-refractivity contribution is 5.82. The van der Waals surface area contributed by atoms with Crippen LogP contribution in [0.25, 0.3) is 0 Å². The number of nitrogens with two attached hydrogens (primary N) is 1. The maximum absolute atomic E-state index is 12.0. The summed E-state index contributed by atoms with van der Waals surface area (Å²) in [7, 11) is 1.92. The van der Waals surface area contributed by atoms with Crippen LogP contribution in [0.3, 0.4) is 0 Å². The van der Waals surface area contributed by atoms with Crippen molar-refractivity contribution in [2.24, 2.45) is 18.7 Å². The largest absolute Gasteiger partial charge is 0.338 e. The number of rotatable bonds is 3. The van der Waals surface area contributed by atoms with E-state index in [1.807, 2.05) is 17.8 Å². The van der Waals surface area contributed by atoms with Crippen LogP contribution in [0.5, 0.6) is 0 Å². The van der Waals surface area contributed by atoms with E-state index >= 15 is 0 Å². The van der Waals surface area contributed by atoms with E-state index in [1.165, 1.54) is 0 Å². The van der Waals surface area contributed by atoms with Gasteiger partial charge in [0, 0.05) is 31.4 Å². The van der Waals surface area contributed by atoms with Crippen molar-refractivity contribution < 1.29 is 4.79 Å². The van der Waals surface area contributed by atoms with Crippen LogP contribution in [0, 0.1) is 5.92 Å². The summed E-state index contributed by atoms with van der Waals surface area (Å²) in [6, 6.07) is 0.303. The Balaban J connectivity index is 1.91. The molecule has 0 radical (unpaired) electrons. The molecule has 0 unspecified atom stereocenters. The number of ketones is 1. The number of hydrogen-bond acceptors (Lipinski definition) is 3. The lowest BCUT2D eigenvalue weighted by molar-refractivity contribution is -0.123. The van der Waals surface area contributed by atoms with E-state index < -0.39 is 0 Å². The Bertz CT molecular complexity index is 364. The molecule has 1 fully saturated rings. The average Bonchev–Trinajstić information content (AvgIpc) is 2.65. The molecule has 0 atom stereocenters. The molecule has 1 aliphatic rings. The van der Waals surface area contributed by atoms with Crippen molar-refractivity contribution in [2.45, 2.75) is 38.1 Å². The third kappa shape index (κ3) is 2.50. The summed E-state index contributed by atoms with van der Waals surface area (Å²) < 4.78 is 1.91. The highest BCUT2D eigenvalue weighted by atomic mass is 16.1. The molecule has 88 valence electrons. The first kappa shape index (κ1) is 11.3. The van der Waals surface area contributed by atoms with Crippen LogP contribution in [0.4, 0.5) is 0 Å². The molecular weight excluding hydrogens is 202 g/mol. The minimum Gasteiger partial charge on any atom is -0.338 e. The normalized spacial score (nSPS) is 25.6. The lowest BCUT2D eigenvalue weighted by atomic mass is 9.83. The molecule has 0 amide bonds. The first-order valence-electron chi connectivity index (χ1n) is 5.91. The van der Waals surface area contributed by atoms with Gasteiger partial charge < -0.3 is 10.3 Å². The van der Waals surface area contributed by atoms with Crippen molar-refractivity contribution in [3.63, 3.8) is 0 Å². The molecule has 2 rings (SSSR count). The molecule has 1 saturated carbocycles. The van der Waals surface area contributed by atoms with Gasteiger partial charge in [0.05, 0.1) is 6.42 Å². The maximum Gasteiger partial charge on any atom is 0.143 e. The standard InChI is InChI=1S/C12H19N3O/c1-15-7-6-14-12(15)8-11(16)9-2-4-10(13)5-3-9/h6-7,9-10H,2-5,8,13H2,1H3. The van der Waals surface area contributed by atoms with E-state index in [1.54, 1.807) is 6.20 Å². The Morgan fingerprint density at radius 1 is 1.50 bits per heavy atom. The van der Waals surface area contributed by atoms with Gasteiger partial charge in [-0.05, 0) is 25.7 Å². The summed E-state index contributed by atoms with van der Waals surface area (Å²) in [6.45, 7) is 0. The molecule has 1 aliphatic carbocycles. The van der Waals surface area contributed by atoms with Gasteiger partial charge in [-0.25, -0.2) is 4.98 Å². The number of carbonyl (C=O) groups excluding carboxylic acids is 1. The van der Waals surface area contributed by atoms with Crippen molar-refractivity contribution in [1.29, 1.82) is 0 Å². The number of aryl methyl sites for hydroxylation is 1. The number of hydrogen-bond donors (Lipinski definition) is 1. The number of carbonyl (C=O) groups is 1. The van der Waals surface area contributed by atoms with Crippen LogP contribution in [0.15, 0.2) is 12.4 Å². The number of imidazole rings is 1. The Morgan fingerprint density at radius 2 is 2.19 bits per heavy atom. The van der Waals surface area contributed by atoms with Gasteiger partial charge in [0.2, 0.25) is 0 Å². The molecule has 0 saturated heterocycles. The van der Waals surface area contributed by atoms with E-state index in [-0.39, 0.29) is 5.92 Å². The van der Waals surface area contributed by atoms with Gasteiger partial charge in [0.1, 0.15) is 11.6 Å².